The molecule has 0 fully saturated rings. The van der Waals surface area contributed by atoms with Gasteiger partial charge in [-0.05, 0) is 12.1 Å². The summed E-state index contributed by atoms with van der Waals surface area (Å²) in [6.07, 6.45) is -3.77. The van der Waals surface area contributed by atoms with Gasteiger partial charge in [-0.3, -0.25) is 9.89 Å². The molecule has 3 rings (SSSR count). The Morgan fingerprint density at radius 1 is 1.36 bits per heavy atom. The maximum Gasteiger partial charge on any atom is 0.416 e. The minimum atomic E-state index is -4.39. The number of rotatable bonds is 1. The summed E-state index contributed by atoms with van der Waals surface area (Å²) < 4.78 is 38.5. The lowest BCUT2D eigenvalue weighted by Gasteiger charge is -2.26. The summed E-state index contributed by atoms with van der Waals surface area (Å²) in [4.78, 5) is 13.2. The number of aromatic nitrogens is 2. The van der Waals surface area contributed by atoms with Crippen molar-refractivity contribution < 1.29 is 18.0 Å². The van der Waals surface area contributed by atoms with Crippen LogP contribution in [0, 0.1) is 0 Å². The van der Waals surface area contributed by atoms with Gasteiger partial charge in [-0.1, -0.05) is 12.1 Å². The number of amides is 1. The molecule has 0 spiro atoms. The van der Waals surface area contributed by atoms with E-state index in [-0.39, 0.29) is 5.91 Å². The van der Waals surface area contributed by atoms with E-state index in [2.05, 4.69) is 10.2 Å². The van der Waals surface area contributed by atoms with Gasteiger partial charge in [-0.2, -0.15) is 18.3 Å². The molecule has 0 unspecified atom stereocenters. The van der Waals surface area contributed by atoms with Gasteiger partial charge in [-0.15, -0.1) is 0 Å². The molecular weight excluding hydrogens is 295 g/mol. The molecule has 2 heterocycles. The number of alkyl halides is 3. The van der Waals surface area contributed by atoms with Crippen molar-refractivity contribution in [1.29, 1.82) is 0 Å². The largest absolute Gasteiger partial charge is 0.416 e. The van der Waals surface area contributed by atoms with Crippen molar-refractivity contribution >= 4 is 5.91 Å². The van der Waals surface area contributed by atoms with E-state index in [0.29, 0.717) is 30.8 Å². The fraction of sp³-hybridized carbons (Fsp3) is 0.333. The van der Waals surface area contributed by atoms with Gasteiger partial charge < -0.3 is 4.90 Å². The predicted octanol–water partition coefficient (Wildman–Crippen LogP) is 3.00. The average molecular weight is 309 g/mol. The van der Waals surface area contributed by atoms with Gasteiger partial charge in [0, 0.05) is 43.3 Å². The van der Waals surface area contributed by atoms with Crippen LogP contribution in [0.1, 0.15) is 23.7 Å². The molecule has 1 aliphatic heterocycles. The smallest absolute Gasteiger partial charge is 0.338 e. The molecule has 0 saturated carbocycles. The summed E-state index contributed by atoms with van der Waals surface area (Å²) >= 11 is 0. The van der Waals surface area contributed by atoms with E-state index in [9.17, 15) is 18.0 Å². The third-order valence-corrected chi connectivity index (χ3v) is 3.84. The van der Waals surface area contributed by atoms with Crippen molar-refractivity contribution in [2.24, 2.45) is 0 Å². The molecule has 0 radical (unpaired) electrons. The third kappa shape index (κ3) is 2.58. The van der Waals surface area contributed by atoms with Crippen LogP contribution >= 0.6 is 0 Å². The van der Waals surface area contributed by atoms with E-state index >= 15 is 0 Å². The molecule has 0 saturated heterocycles. The molecule has 1 aliphatic rings. The second-order valence-corrected chi connectivity index (χ2v) is 5.30. The number of hydrogen-bond donors (Lipinski definition) is 1. The first-order valence-electron chi connectivity index (χ1n) is 6.85. The number of hydrogen-bond acceptors (Lipinski definition) is 2. The zero-order valence-corrected chi connectivity index (χ0v) is 11.9. The number of carbonyl (C=O) groups is 1. The highest BCUT2D eigenvalue weighted by atomic mass is 19.4. The molecule has 0 atom stereocenters. The number of nitrogens with one attached hydrogen (secondary N) is 1. The maximum absolute atomic E-state index is 12.8. The molecule has 2 aromatic rings. The number of halogens is 3. The first-order chi connectivity index (χ1) is 10.4. The molecule has 1 amide bonds. The Hall–Kier alpha value is -2.31. The summed E-state index contributed by atoms with van der Waals surface area (Å²) in [7, 11) is 0. The zero-order valence-electron chi connectivity index (χ0n) is 11.9. The molecule has 1 N–H and O–H groups in total. The van der Waals surface area contributed by atoms with Crippen LogP contribution in [0.3, 0.4) is 0 Å². The molecule has 7 heteroatoms. The fourth-order valence-electron chi connectivity index (χ4n) is 2.65. The number of benzene rings is 1. The Morgan fingerprint density at radius 2 is 2.14 bits per heavy atom. The lowest BCUT2D eigenvalue weighted by atomic mass is 9.99. The normalized spacial score (nSPS) is 14.8. The van der Waals surface area contributed by atoms with Crippen molar-refractivity contribution in [2.75, 3.05) is 6.54 Å². The summed E-state index contributed by atoms with van der Waals surface area (Å²) in [6, 6.07) is 5.08. The van der Waals surface area contributed by atoms with E-state index in [1.165, 1.54) is 13.0 Å². The molecule has 4 nitrogen and oxygen atoms in total. The van der Waals surface area contributed by atoms with Crippen LogP contribution in [0.2, 0.25) is 0 Å². The molecule has 116 valence electrons. The van der Waals surface area contributed by atoms with Gasteiger partial charge in [0.1, 0.15) is 0 Å². The standard InChI is InChI=1S/C15H14F3N3O/c1-9(22)21-6-5-13-12(8-21)14(20-19-13)10-3-2-4-11(7-10)15(16,17)18/h2-4,7H,5-6,8H2,1H3,(H,19,20). The van der Waals surface area contributed by atoms with Crippen molar-refractivity contribution in [2.45, 2.75) is 26.1 Å². The van der Waals surface area contributed by atoms with Crippen molar-refractivity contribution in [1.82, 2.24) is 15.1 Å². The van der Waals surface area contributed by atoms with Gasteiger partial charge in [-0.25, -0.2) is 0 Å². The van der Waals surface area contributed by atoms with E-state index in [4.69, 9.17) is 0 Å². The molecule has 22 heavy (non-hydrogen) atoms. The van der Waals surface area contributed by atoms with Crippen LogP contribution in [0.15, 0.2) is 24.3 Å². The molecule has 1 aromatic carbocycles. The Balaban J connectivity index is 2.01. The number of aromatic amines is 1. The number of nitrogens with zero attached hydrogens (tertiary/aromatic N) is 2. The van der Waals surface area contributed by atoms with E-state index in [0.717, 1.165) is 23.4 Å². The number of H-pyrrole nitrogens is 1. The summed E-state index contributed by atoms with van der Waals surface area (Å²) in [5, 5.41) is 7.03. The van der Waals surface area contributed by atoms with Gasteiger partial charge in [0.15, 0.2) is 0 Å². The first kappa shape index (κ1) is 14.6. The maximum atomic E-state index is 12.8. The van der Waals surface area contributed by atoms with Crippen LogP contribution in [-0.4, -0.2) is 27.5 Å². The highest BCUT2D eigenvalue weighted by molar-refractivity contribution is 5.74. The van der Waals surface area contributed by atoms with Crippen LogP contribution < -0.4 is 0 Å². The first-order valence-corrected chi connectivity index (χ1v) is 6.85. The molecular formula is C15H14F3N3O. The third-order valence-electron chi connectivity index (χ3n) is 3.84. The highest BCUT2D eigenvalue weighted by Crippen LogP contribution is 2.34. The minimum Gasteiger partial charge on any atom is -0.338 e. The second-order valence-electron chi connectivity index (χ2n) is 5.30. The van der Waals surface area contributed by atoms with Gasteiger partial charge >= 0.3 is 6.18 Å². The summed E-state index contributed by atoms with van der Waals surface area (Å²) in [5.74, 6) is -0.0538. The topological polar surface area (TPSA) is 49.0 Å². The predicted molar refractivity (Wildman–Crippen MR) is 73.8 cm³/mol. The van der Waals surface area contributed by atoms with Crippen LogP contribution in [0.5, 0.6) is 0 Å². The van der Waals surface area contributed by atoms with Crippen LogP contribution in [0.25, 0.3) is 11.3 Å². The molecule has 1 aromatic heterocycles. The number of fused-ring (bicyclic) bond motifs is 1. The zero-order chi connectivity index (χ0) is 15.9. The Labute approximate surface area is 124 Å². The second kappa shape index (κ2) is 5.15. The Morgan fingerprint density at radius 3 is 2.82 bits per heavy atom. The quantitative estimate of drug-likeness (QED) is 0.880. The highest BCUT2D eigenvalue weighted by Gasteiger charge is 2.31. The van der Waals surface area contributed by atoms with E-state index < -0.39 is 11.7 Å². The lowest BCUT2D eigenvalue weighted by molar-refractivity contribution is -0.137. The number of carbonyl (C=O) groups excluding carboxylic acids is 1. The van der Waals surface area contributed by atoms with Crippen molar-refractivity contribution in [3.8, 4) is 11.3 Å². The van der Waals surface area contributed by atoms with E-state index in [1.807, 2.05) is 0 Å². The van der Waals surface area contributed by atoms with Crippen molar-refractivity contribution in [3.63, 3.8) is 0 Å². The summed E-state index contributed by atoms with van der Waals surface area (Å²) in [6.45, 7) is 2.44. The average Bonchev–Trinajstić information content (AvgIpc) is 2.89. The van der Waals surface area contributed by atoms with E-state index in [1.54, 1.807) is 11.0 Å². The Bertz CT molecular complexity index is 721. The lowest BCUT2D eigenvalue weighted by Crippen LogP contribution is -2.34. The van der Waals surface area contributed by atoms with Crippen molar-refractivity contribution in [3.05, 3.63) is 41.1 Å². The van der Waals surface area contributed by atoms with Gasteiger partial charge in [0.2, 0.25) is 5.91 Å². The van der Waals surface area contributed by atoms with Crippen LogP contribution in [0.4, 0.5) is 13.2 Å². The fourth-order valence-corrected chi connectivity index (χ4v) is 2.65. The summed E-state index contributed by atoms with van der Waals surface area (Å²) in [5.41, 5.74) is 1.84. The SMILES string of the molecule is CC(=O)N1CCc2[nH]nc(-c3cccc(C(F)(F)F)c3)c2C1. The Kier molecular flexibility index (Phi) is 3.42. The molecule has 0 aliphatic carbocycles. The van der Waals surface area contributed by atoms with Gasteiger partial charge in [0.05, 0.1) is 11.3 Å². The van der Waals surface area contributed by atoms with Crippen LogP contribution in [-0.2, 0) is 23.9 Å². The monoisotopic (exact) mass is 309 g/mol. The minimum absolute atomic E-state index is 0.0538. The molecule has 0 bridgehead atoms. The van der Waals surface area contributed by atoms with Gasteiger partial charge in [0.25, 0.3) is 0 Å².